The number of likely N-dealkylation sites (tertiary alicyclic amines) is 1. The normalized spacial score (nSPS) is 19.0. The summed E-state index contributed by atoms with van der Waals surface area (Å²) in [5.74, 6) is -1.25. The lowest BCUT2D eigenvalue weighted by molar-refractivity contribution is -0.142. The lowest BCUT2D eigenvalue weighted by Crippen LogP contribution is -2.57. The van der Waals surface area contributed by atoms with Crippen LogP contribution in [0.25, 0.3) is 10.4 Å². The largest absolute Gasteiger partial charge is 0.444 e. The van der Waals surface area contributed by atoms with Crippen molar-refractivity contribution in [2.75, 3.05) is 13.1 Å². The average molecular weight is 704 g/mol. The Morgan fingerprint density at radius 3 is 2.32 bits per heavy atom. The molecule has 0 bridgehead atoms. The second kappa shape index (κ2) is 14.5. The molecule has 2 aliphatic heterocycles. The number of hydrogen-bond donors (Lipinski definition) is 3. The summed E-state index contributed by atoms with van der Waals surface area (Å²) in [6.07, 6.45) is -0.553. The fourth-order valence-corrected chi connectivity index (χ4v) is 7.22. The van der Waals surface area contributed by atoms with Crippen molar-refractivity contribution in [3.63, 3.8) is 0 Å². The molecule has 1 fully saturated rings. The van der Waals surface area contributed by atoms with Crippen LogP contribution in [0.15, 0.2) is 48.0 Å². The molecule has 0 saturated carbocycles. The Hall–Kier alpha value is -4.29. The van der Waals surface area contributed by atoms with Gasteiger partial charge in [-0.1, -0.05) is 51.1 Å². The summed E-state index contributed by atoms with van der Waals surface area (Å²) in [5.41, 5.74) is 5.65. The van der Waals surface area contributed by atoms with Gasteiger partial charge in [0.1, 0.15) is 17.7 Å². The number of aliphatic hydroxyl groups excluding tert-OH is 1. The van der Waals surface area contributed by atoms with Crippen molar-refractivity contribution in [1.82, 2.24) is 25.4 Å². The van der Waals surface area contributed by atoms with E-state index in [1.54, 1.807) is 28.4 Å². The molecule has 2 aliphatic rings. The van der Waals surface area contributed by atoms with Gasteiger partial charge in [-0.25, -0.2) is 9.78 Å². The van der Waals surface area contributed by atoms with Crippen LogP contribution in [-0.2, 0) is 27.3 Å². The Labute approximate surface area is 298 Å². The van der Waals surface area contributed by atoms with Gasteiger partial charge >= 0.3 is 6.09 Å². The molecule has 0 aliphatic carbocycles. The monoisotopic (exact) mass is 703 g/mol. The number of β-amino-alcohol motifs (C(OH)–C–C–N with tert-alkyl or cyclic N) is 1. The first-order valence-electron chi connectivity index (χ1n) is 17.1. The highest BCUT2D eigenvalue weighted by Gasteiger charge is 2.45. The number of nitrogens with zero attached hydrogens (tertiary/aromatic N) is 3. The number of benzene rings is 2. The maximum Gasteiger partial charge on any atom is 0.410 e. The van der Waals surface area contributed by atoms with Crippen LogP contribution in [0.3, 0.4) is 0 Å². The fraction of sp³-hybridized carbons (Fsp3) is 0.500. The first-order valence-corrected chi connectivity index (χ1v) is 18.0. The van der Waals surface area contributed by atoms with Gasteiger partial charge in [-0.2, -0.15) is 0 Å². The van der Waals surface area contributed by atoms with E-state index in [9.17, 15) is 24.3 Å². The lowest BCUT2D eigenvalue weighted by Gasteiger charge is -2.35. The number of nitrogens with one attached hydrogen (secondary N) is 2. The molecule has 0 radical (unpaired) electrons. The van der Waals surface area contributed by atoms with Crippen LogP contribution in [0.2, 0.25) is 0 Å². The van der Waals surface area contributed by atoms with Gasteiger partial charge in [0.25, 0.3) is 5.91 Å². The van der Waals surface area contributed by atoms with Gasteiger partial charge in [0, 0.05) is 31.6 Å². The third-order valence-corrected chi connectivity index (χ3v) is 10.1. The second-order valence-electron chi connectivity index (χ2n) is 15.4. The Morgan fingerprint density at radius 1 is 1.00 bits per heavy atom. The van der Waals surface area contributed by atoms with Crippen LogP contribution in [0.4, 0.5) is 4.79 Å². The summed E-state index contributed by atoms with van der Waals surface area (Å²) in [6, 6.07) is 11.1. The Kier molecular flexibility index (Phi) is 10.7. The van der Waals surface area contributed by atoms with E-state index in [0.717, 1.165) is 32.8 Å². The van der Waals surface area contributed by atoms with E-state index in [1.165, 1.54) is 4.90 Å². The number of fused-ring (bicyclic) bond motifs is 1. The van der Waals surface area contributed by atoms with Crippen LogP contribution in [0.1, 0.15) is 93.7 Å². The zero-order valence-corrected chi connectivity index (χ0v) is 31.0. The molecule has 3 N–H and O–H groups in total. The van der Waals surface area contributed by atoms with Crippen molar-refractivity contribution in [2.45, 2.75) is 105 Å². The molecule has 5 rings (SSSR count). The molecule has 4 amide bonds. The van der Waals surface area contributed by atoms with Gasteiger partial charge in [-0.15, -0.1) is 11.3 Å². The van der Waals surface area contributed by atoms with E-state index < -0.39 is 47.1 Å². The first-order chi connectivity index (χ1) is 23.4. The van der Waals surface area contributed by atoms with Crippen molar-refractivity contribution in [1.29, 1.82) is 0 Å². The molecular formula is C38H49N5O6S. The van der Waals surface area contributed by atoms with Crippen molar-refractivity contribution in [3.8, 4) is 10.4 Å². The Morgan fingerprint density at radius 2 is 1.70 bits per heavy atom. The predicted molar refractivity (Wildman–Crippen MR) is 192 cm³/mol. The minimum Gasteiger partial charge on any atom is -0.444 e. The number of aliphatic hydroxyl groups is 1. The van der Waals surface area contributed by atoms with E-state index in [1.807, 2.05) is 91.2 Å². The highest BCUT2D eigenvalue weighted by atomic mass is 32.1. The minimum absolute atomic E-state index is 0.0179. The van der Waals surface area contributed by atoms with E-state index in [0.29, 0.717) is 25.1 Å². The summed E-state index contributed by atoms with van der Waals surface area (Å²) in [7, 11) is 0. The number of aromatic nitrogens is 1. The van der Waals surface area contributed by atoms with Gasteiger partial charge in [-0.3, -0.25) is 14.4 Å². The summed E-state index contributed by atoms with van der Waals surface area (Å²) >= 11 is 1.58. The molecule has 1 aromatic heterocycles. The Bertz CT molecular complexity index is 1740. The van der Waals surface area contributed by atoms with Crippen LogP contribution in [0, 0.1) is 12.3 Å². The van der Waals surface area contributed by atoms with Crippen LogP contribution in [-0.4, -0.2) is 80.6 Å². The summed E-state index contributed by atoms with van der Waals surface area (Å²) in [6.45, 7) is 15.7. The smallest absolute Gasteiger partial charge is 0.410 e. The van der Waals surface area contributed by atoms with Crippen LogP contribution in [0.5, 0.6) is 0 Å². The summed E-state index contributed by atoms with van der Waals surface area (Å²) < 4.78 is 5.55. The number of aryl methyl sites for hydroxylation is 1. The zero-order valence-electron chi connectivity index (χ0n) is 30.2. The van der Waals surface area contributed by atoms with Crippen molar-refractivity contribution in [3.05, 3.63) is 75.9 Å². The number of amides is 4. The SMILES string of the molecule is Cc1ncsc1-c1ccc(C(C)NC(=O)[C@@H]2C[C@@H](O)CN2C(=O)C(NC(=O)c2ccc3c(c2)CN(C(=O)OC(C)(C)C)CC3)C(C)(C)C)cc1. The third kappa shape index (κ3) is 8.53. The van der Waals surface area contributed by atoms with E-state index >= 15 is 0 Å². The second-order valence-corrected chi connectivity index (χ2v) is 16.3. The molecule has 0 spiro atoms. The zero-order chi connectivity index (χ0) is 36.5. The quantitative estimate of drug-likeness (QED) is 0.300. The fourth-order valence-electron chi connectivity index (χ4n) is 6.41. The van der Waals surface area contributed by atoms with Crippen LogP contribution < -0.4 is 10.6 Å². The molecular weight excluding hydrogens is 655 g/mol. The highest BCUT2D eigenvalue weighted by molar-refractivity contribution is 7.13. The topological polar surface area (TPSA) is 141 Å². The van der Waals surface area contributed by atoms with E-state index in [2.05, 4.69) is 15.6 Å². The van der Waals surface area contributed by atoms with Crippen molar-refractivity contribution >= 4 is 35.2 Å². The molecule has 4 atom stereocenters. The van der Waals surface area contributed by atoms with E-state index in [4.69, 9.17) is 4.74 Å². The van der Waals surface area contributed by atoms with Gasteiger partial charge in [0.05, 0.1) is 28.2 Å². The number of ether oxygens (including phenoxy) is 1. The Balaban J connectivity index is 1.27. The average Bonchev–Trinajstić information content (AvgIpc) is 3.66. The summed E-state index contributed by atoms with van der Waals surface area (Å²) in [5, 5.41) is 16.6. The van der Waals surface area contributed by atoms with Gasteiger partial charge in [-0.05, 0) is 80.8 Å². The minimum atomic E-state index is -0.981. The van der Waals surface area contributed by atoms with Gasteiger partial charge < -0.3 is 30.3 Å². The number of carbonyl (C=O) groups is 4. The third-order valence-electron chi connectivity index (χ3n) is 9.16. The molecule has 50 heavy (non-hydrogen) atoms. The number of thiazole rings is 1. The highest BCUT2D eigenvalue weighted by Crippen LogP contribution is 2.30. The maximum absolute atomic E-state index is 14.2. The van der Waals surface area contributed by atoms with Crippen LogP contribution >= 0.6 is 11.3 Å². The number of rotatable bonds is 7. The molecule has 2 unspecified atom stereocenters. The molecule has 2 aromatic carbocycles. The standard InChI is InChI=1S/C38H49N5O6S/c1-22(24-9-12-26(13-10-24)31-23(2)39-21-50-31)40-34(46)30-18-29(44)20-43(30)35(47)32(37(3,4)5)41-33(45)27-14-11-25-15-16-42(19-28(25)17-27)36(48)49-38(6,7)8/h9-14,17,21-22,29-30,32,44H,15-16,18-20H2,1-8H3,(H,40,46)(H,41,45)/t22?,29-,30+,32?/m1/s1. The van der Waals surface area contributed by atoms with Crippen molar-refractivity contribution < 1.29 is 29.0 Å². The molecule has 11 nitrogen and oxygen atoms in total. The van der Waals surface area contributed by atoms with E-state index in [-0.39, 0.29) is 24.9 Å². The molecule has 268 valence electrons. The number of hydrogen-bond acceptors (Lipinski definition) is 8. The van der Waals surface area contributed by atoms with Crippen molar-refractivity contribution in [2.24, 2.45) is 5.41 Å². The molecule has 3 aromatic rings. The van der Waals surface area contributed by atoms with Gasteiger partial charge in [0.15, 0.2) is 0 Å². The van der Waals surface area contributed by atoms with Gasteiger partial charge in [0.2, 0.25) is 11.8 Å². The molecule has 1 saturated heterocycles. The molecule has 12 heteroatoms. The number of carbonyl (C=O) groups excluding carboxylic acids is 4. The molecule has 3 heterocycles. The maximum atomic E-state index is 14.2. The lowest BCUT2D eigenvalue weighted by atomic mass is 9.85. The first kappa shape index (κ1) is 37.0. The summed E-state index contributed by atoms with van der Waals surface area (Å²) in [4.78, 5) is 62.7. The predicted octanol–water partition coefficient (Wildman–Crippen LogP) is 5.40.